The molecule has 33 heavy (non-hydrogen) atoms. The lowest BCUT2D eigenvalue weighted by molar-refractivity contribution is -0.128. The molecular weight excluding hydrogens is 456 g/mol. The van der Waals surface area contributed by atoms with Gasteiger partial charge >= 0.3 is 0 Å². The van der Waals surface area contributed by atoms with E-state index in [4.69, 9.17) is 22.4 Å². The molecule has 0 saturated carbocycles. The van der Waals surface area contributed by atoms with Crippen LogP contribution in [0.4, 0.5) is 0 Å². The SMILES string of the molecule is N#CC1=C2SCC(=O)N2C(N)C(C#N)C1c1c(-c2ccccc2)nn(-c2ccccc2)c1Cl. The van der Waals surface area contributed by atoms with Crippen LogP contribution in [-0.2, 0) is 4.79 Å². The Morgan fingerprint density at radius 2 is 1.76 bits per heavy atom. The largest absolute Gasteiger partial charge is 0.310 e. The van der Waals surface area contributed by atoms with Crippen LogP contribution in [0.5, 0.6) is 0 Å². The highest BCUT2D eigenvalue weighted by atomic mass is 35.5. The molecule has 3 atom stereocenters. The Labute approximate surface area is 199 Å². The third-order valence-electron chi connectivity index (χ3n) is 5.88. The van der Waals surface area contributed by atoms with Gasteiger partial charge in [0.1, 0.15) is 11.3 Å². The van der Waals surface area contributed by atoms with Crippen LogP contribution in [0.15, 0.2) is 71.3 Å². The van der Waals surface area contributed by atoms with E-state index in [-0.39, 0.29) is 11.7 Å². The van der Waals surface area contributed by atoms with Gasteiger partial charge in [0.25, 0.3) is 0 Å². The Hall–Kier alpha value is -3.56. The molecular formula is C24H17ClN6OS. The maximum Gasteiger partial charge on any atom is 0.239 e. The molecule has 2 aliphatic heterocycles. The van der Waals surface area contributed by atoms with Crippen LogP contribution >= 0.6 is 23.4 Å². The maximum atomic E-state index is 12.5. The summed E-state index contributed by atoms with van der Waals surface area (Å²) < 4.78 is 1.61. The molecule has 3 aromatic rings. The number of carbonyl (C=O) groups is 1. The van der Waals surface area contributed by atoms with Gasteiger partial charge in [0, 0.05) is 17.0 Å². The van der Waals surface area contributed by atoms with Gasteiger partial charge in [0.15, 0.2) is 0 Å². The lowest BCUT2D eigenvalue weighted by Gasteiger charge is -2.38. The minimum atomic E-state index is -0.894. The van der Waals surface area contributed by atoms with E-state index >= 15 is 0 Å². The zero-order valence-corrected chi connectivity index (χ0v) is 18.8. The number of hydrogen-bond acceptors (Lipinski definition) is 6. The van der Waals surface area contributed by atoms with Crippen molar-refractivity contribution in [3.8, 4) is 29.1 Å². The molecule has 1 fully saturated rings. The average molecular weight is 473 g/mol. The summed E-state index contributed by atoms with van der Waals surface area (Å²) in [5.74, 6) is -1.63. The number of nitrogens with zero attached hydrogens (tertiary/aromatic N) is 5. The van der Waals surface area contributed by atoms with Crippen molar-refractivity contribution < 1.29 is 4.79 Å². The molecule has 2 N–H and O–H groups in total. The molecule has 0 aliphatic carbocycles. The molecule has 7 nitrogen and oxygen atoms in total. The average Bonchev–Trinajstić information content (AvgIpc) is 3.40. The molecule has 0 spiro atoms. The van der Waals surface area contributed by atoms with E-state index in [9.17, 15) is 15.3 Å². The summed E-state index contributed by atoms with van der Waals surface area (Å²) in [5, 5.41) is 25.9. The second-order valence-electron chi connectivity index (χ2n) is 7.67. The fourth-order valence-corrected chi connectivity index (χ4v) is 5.82. The van der Waals surface area contributed by atoms with Crippen molar-refractivity contribution in [2.75, 3.05) is 5.75 Å². The van der Waals surface area contributed by atoms with Gasteiger partial charge in [-0.15, -0.1) is 0 Å². The topological polar surface area (TPSA) is 112 Å². The van der Waals surface area contributed by atoms with Crippen molar-refractivity contribution in [3.05, 3.63) is 82.0 Å². The molecule has 5 rings (SSSR count). The number of allylic oxidation sites excluding steroid dienone is 1. The summed E-state index contributed by atoms with van der Waals surface area (Å²) in [6.45, 7) is 0. The highest BCUT2D eigenvalue weighted by Gasteiger charge is 2.49. The van der Waals surface area contributed by atoms with E-state index in [0.717, 1.165) is 11.3 Å². The number of rotatable bonds is 3. The normalized spacial score (nSPS) is 22.1. The van der Waals surface area contributed by atoms with Gasteiger partial charge in [0.2, 0.25) is 5.91 Å². The van der Waals surface area contributed by atoms with Crippen LogP contribution in [0.25, 0.3) is 16.9 Å². The third kappa shape index (κ3) is 3.32. The summed E-state index contributed by atoms with van der Waals surface area (Å²) in [7, 11) is 0. The third-order valence-corrected chi connectivity index (χ3v) is 7.32. The summed E-state index contributed by atoms with van der Waals surface area (Å²) in [6, 6.07) is 23.4. The van der Waals surface area contributed by atoms with Crippen molar-refractivity contribution in [3.63, 3.8) is 0 Å². The van der Waals surface area contributed by atoms with E-state index in [1.807, 2.05) is 60.7 Å². The lowest BCUT2D eigenvalue weighted by Crippen LogP contribution is -2.52. The van der Waals surface area contributed by atoms with Crippen molar-refractivity contribution in [1.29, 1.82) is 10.5 Å². The zero-order chi connectivity index (χ0) is 23.1. The fourth-order valence-electron chi connectivity index (χ4n) is 4.39. The summed E-state index contributed by atoms with van der Waals surface area (Å²) in [5.41, 5.74) is 9.40. The smallest absolute Gasteiger partial charge is 0.239 e. The number of amides is 1. The second kappa shape index (κ2) is 8.42. The maximum absolute atomic E-state index is 12.5. The van der Waals surface area contributed by atoms with E-state index in [2.05, 4.69) is 12.1 Å². The standard InChI is InChI=1S/C24H17ClN6OS/c25-22-20(19-16(11-26)23(28)30-18(32)13-33-24(30)17(19)12-27)21(14-7-3-1-4-8-14)29-31(22)15-9-5-2-6-10-15/h1-10,16,19,23H,13,28H2. The van der Waals surface area contributed by atoms with Gasteiger partial charge in [-0.3, -0.25) is 9.69 Å². The zero-order valence-electron chi connectivity index (χ0n) is 17.2. The monoisotopic (exact) mass is 472 g/mol. The van der Waals surface area contributed by atoms with Crippen molar-refractivity contribution >= 4 is 29.3 Å². The highest BCUT2D eigenvalue weighted by molar-refractivity contribution is 8.04. The summed E-state index contributed by atoms with van der Waals surface area (Å²) >= 11 is 8.21. The Balaban J connectivity index is 1.81. The number of benzene rings is 2. The Kier molecular flexibility index (Phi) is 5.43. The predicted molar refractivity (Wildman–Crippen MR) is 126 cm³/mol. The quantitative estimate of drug-likeness (QED) is 0.616. The van der Waals surface area contributed by atoms with Crippen LogP contribution in [0.3, 0.4) is 0 Å². The fraction of sp³-hybridized carbons (Fsp3) is 0.167. The molecule has 3 unspecified atom stereocenters. The van der Waals surface area contributed by atoms with Gasteiger partial charge in [-0.25, -0.2) is 4.68 Å². The molecule has 1 aromatic heterocycles. The second-order valence-corrected chi connectivity index (χ2v) is 8.99. The van der Waals surface area contributed by atoms with E-state index in [0.29, 0.717) is 27.0 Å². The summed E-state index contributed by atoms with van der Waals surface area (Å²) in [6.07, 6.45) is -0.894. The van der Waals surface area contributed by atoms with Crippen LogP contribution in [-0.4, -0.2) is 32.5 Å². The van der Waals surface area contributed by atoms with Crippen LogP contribution < -0.4 is 5.73 Å². The number of fused-ring (bicyclic) bond motifs is 1. The van der Waals surface area contributed by atoms with Gasteiger partial charge in [0.05, 0.1) is 45.8 Å². The molecule has 2 aliphatic rings. The number of halogens is 1. The number of carbonyl (C=O) groups excluding carboxylic acids is 1. The van der Waals surface area contributed by atoms with E-state index in [1.165, 1.54) is 16.7 Å². The van der Waals surface area contributed by atoms with E-state index in [1.54, 1.807) is 4.68 Å². The van der Waals surface area contributed by atoms with Crippen molar-refractivity contribution in [2.24, 2.45) is 11.7 Å². The number of nitriles is 2. The molecule has 1 amide bonds. The van der Waals surface area contributed by atoms with Crippen LogP contribution in [0, 0.1) is 28.6 Å². The molecule has 2 aromatic carbocycles. The van der Waals surface area contributed by atoms with Gasteiger partial charge in [-0.1, -0.05) is 71.9 Å². The molecule has 1 saturated heterocycles. The molecule has 162 valence electrons. The minimum Gasteiger partial charge on any atom is -0.310 e. The van der Waals surface area contributed by atoms with Gasteiger partial charge in [-0.2, -0.15) is 15.6 Å². The first-order valence-electron chi connectivity index (χ1n) is 10.2. The summed E-state index contributed by atoms with van der Waals surface area (Å²) in [4.78, 5) is 13.8. The number of para-hydroxylation sites is 1. The van der Waals surface area contributed by atoms with Gasteiger partial charge < -0.3 is 5.73 Å². The highest BCUT2D eigenvalue weighted by Crippen LogP contribution is 2.51. The molecule has 0 bridgehead atoms. The lowest BCUT2D eigenvalue weighted by atomic mass is 9.77. The first kappa shape index (κ1) is 21.3. The molecule has 3 heterocycles. The van der Waals surface area contributed by atoms with E-state index < -0.39 is 18.0 Å². The van der Waals surface area contributed by atoms with Crippen LogP contribution in [0.1, 0.15) is 11.5 Å². The number of thioether (sulfide) groups is 1. The number of hydrogen-bond donors (Lipinski definition) is 1. The van der Waals surface area contributed by atoms with Gasteiger partial charge in [-0.05, 0) is 12.1 Å². The Morgan fingerprint density at radius 1 is 1.09 bits per heavy atom. The Morgan fingerprint density at radius 3 is 2.39 bits per heavy atom. The van der Waals surface area contributed by atoms with Crippen molar-refractivity contribution in [2.45, 2.75) is 12.1 Å². The first-order chi connectivity index (χ1) is 16.1. The number of aromatic nitrogens is 2. The Bertz CT molecular complexity index is 1360. The number of nitrogens with two attached hydrogens (primary N) is 1. The van der Waals surface area contributed by atoms with Crippen LogP contribution in [0.2, 0.25) is 5.15 Å². The predicted octanol–water partition coefficient (Wildman–Crippen LogP) is 4.03. The molecule has 9 heteroatoms. The minimum absolute atomic E-state index is 0.182. The molecule has 0 radical (unpaired) electrons. The first-order valence-corrected chi connectivity index (χ1v) is 11.6. The van der Waals surface area contributed by atoms with Crippen molar-refractivity contribution in [1.82, 2.24) is 14.7 Å².